The van der Waals surface area contributed by atoms with Crippen LogP contribution < -0.4 is 10.1 Å². The van der Waals surface area contributed by atoms with Crippen molar-refractivity contribution in [1.82, 2.24) is 15.2 Å². The maximum atomic E-state index is 11.5. The van der Waals surface area contributed by atoms with E-state index in [1.165, 1.54) is 6.33 Å². The predicted octanol–water partition coefficient (Wildman–Crippen LogP) is 2.91. The summed E-state index contributed by atoms with van der Waals surface area (Å²) in [5.41, 5.74) is 0. The van der Waals surface area contributed by atoms with E-state index in [2.05, 4.69) is 20.5 Å². The Bertz CT molecular complexity index is 575. The molecule has 2 N–H and O–H groups in total. The summed E-state index contributed by atoms with van der Waals surface area (Å²) < 4.78 is 5.47. The maximum Gasteiger partial charge on any atom is 0.226 e. The van der Waals surface area contributed by atoms with Crippen LogP contribution in [0.1, 0.15) is 12.8 Å². The van der Waals surface area contributed by atoms with E-state index in [4.69, 9.17) is 27.9 Å². The summed E-state index contributed by atoms with van der Waals surface area (Å²) in [7, 11) is 0. The van der Waals surface area contributed by atoms with Gasteiger partial charge in [-0.25, -0.2) is 5.10 Å². The molecule has 0 saturated heterocycles. The number of nitrogens with one attached hydrogen (secondary N) is 2. The first kappa shape index (κ1) is 14.6. The zero-order valence-corrected chi connectivity index (χ0v) is 11.9. The first-order chi connectivity index (χ1) is 9.66. The fraction of sp³-hybridized carbons (Fsp3) is 0.250. The molecular formula is C12H12Cl2N4O2. The highest BCUT2D eigenvalue weighted by Gasteiger charge is 2.07. The zero-order chi connectivity index (χ0) is 14.4. The number of hydrogen-bond donors (Lipinski definition) is 2. The number of hydrogen-bond acceptors (Lipinski definition) is 4. The minimum Gasteiger partial charge on any atom is -0.492 e. The van der Waals surface area contributed by atoms with Crippen LogP contribution in [0.3, 0.4) is 0 Å². The van der Waals surface area contributed by atoms with Crippen LogP contribution in [0.15, 0.2) is 24.5 Å². The molecule has 2 aromatic rings. The topological polar surface area (TPSA) is 79.9 Å². The smallest absolute Gasteiger partial charge is 0.226 e. The molecule has 1 amide bonds. The lowest BCUT2D eigenvalue weighted by Crippen LogP contribution is -2.13. The lowest BCUT2D eigenvalue weighted by atomic mass is 10.3. The number of aromatic amines is 1. The largest absolute Gasteiger partial charge is 0.492 e. The lowest BCUT2D eigenvalue weighted by Gasteiger charge is -2.08. The van der Waals surface area contributed by atoms with Crippen LogP contribution in [-0.4, -0.2) is 27.7 Å². The summed E-state index contributed by atoms with van der Waals surface area (Å²) >= 11 is 11.8. The number of carbonyl (C=O) groups excluding carboxylic acids is 1. The second-order valence-corrected chi connectivity index (χ2v) is 4.67. The van der Waals surface area contributed by atoms with Crippen LogP contribution in [0.2, 0.25) is 10.0 Å². The molecule has 106 valence electrons. The standard InChI is InChI=1S/C12H12Cl2N4O2/c13-8-3-1-4-9(11(8)14)20-6-2-5-10(19)17-12-15-7-16-18-12/h1,3-4,7H,2,5-6H2,(H2,15,16,17,18,19). The van der Waals surface area contributed by atoms with Gasteiger partial charge in [0, 0.05) is 6.42 Å². The number of rotatable bonds is 6. The number of H-pyrrole nitrogens is 1. The van der Waals surface area contributed by atoms with Gasteiger partial charge < -0.3 is 4.74 Å². The van der Waals surface area contributed by atoms with Crippen LogP contribution in [0.25, 0.3) is 0 Å². The van der Waals surface area contributed by atoms with E-state index in [-0.39, 0.29) is 5.91 Å². The molecule has 1 aromatic heterocycles. The van der Waals surface area contributed by atoms with Crippen molar-refractivity contribution in [2.45, 2.75) is 12.8 Å². The van der Waals surface area contributed by atoms with Crippen molar-refractivity contribution in [3.63, 3.8) is 0 Å². The molecule has 1 aromatic carbocycles. The molecule has 1 heterocycles. The van der Waals surface area contributed by atoms with E-state index in [1.807, 2.05) is 0 Å². The Morgan fingerprint density at radius 1 is 1.40 bits per heavy atom. The molecule has 6 nitrogen and oxygen atoms in total. The Morgan fingerprint density at radius 3 is 3.00 bits per heavy atom. The average molecular weight is 315 g/mol. The third kappa shape index (κ3) is 4.11. The van der Waals surface area contributed by atoms with Crippen molar-refractivity contribution >= 4 is 35.1 Å². The maximum absolute atomic E-state index is 11.5. The summed E-state index contributed by atoms with van der Waals surface area (Å²) in [6, 6.07) is 5.16. The molecule has 20 heavy (non-hydrogen) atoms. The fourth-order valence-electron chi connectivity index (χ4n) is 1.47. The number of halogens is 2. The number of benzene rings is 1. The van der Waals surface area contributed by atoms with Crippen molar-refractivity contribution in [2.24, 2.45) is 0 Å². The third-order valence-electron chi connectivity index (χ3n) is 2.39. The summed E-state index contributed by atoms with van der Waals surface area (Å²) in [4.78, 5) is 15.3. The third-order valence-corrected chi connectivity index (χ3v) is 3.20. The van der Waals surface area contributed by atoms with Gasteiger partial charge in [-0.2, -0.15) is 10.1 Å². The first-order valence-corrected chi connectivity index (χ1v) is 6.64. The summed E-state index contributed by atoms with van der Waals surface area (Å²) in [5.74, 6) is 0.672. The molecule has 0 aliphatic carbocycles. The van der Waals surface area contributed by atoms with Crippen LogP contribution in [0.4, 0.5) is 5.95 Å². The summed E-state index contributed by atoms with van der Waals surface area (Å²) in [6.07, 6.45) is 2.17. The van der Waals surface area contributed by atoms with E-state index in [0.29, 0.717) is 41.2 Å². The molecule has 0 radical (unpaired) electrons. The van der Waals surface area contributed by atoms with E-state index < -0.39 is 0 Å². The Hall–Kier alpha value is -1.79. The second-order valence-electron chi connectivity index (χ2n) is 3.89. The average Bonchev–Trinajstić information content (AvgIpc) is 2.92. The molecule has 0 aliphatic rings. The number of amides is 1. The van der Waals surface area contributed by atoms with Crippen LogP contribution in [-0.2, 0) is 4.79 Å². The highest BCUT2D eigenvalue weighted by Crippen LogP contribution is 2.31. The lowest BCUT2D eigenvalue weighted by molar-refractivity contribution is -0.116. The number of ether oxygens (including phenoxy) is 1. The summed E-state index contributed by atoms with van der Waals surface area (Å²) in [6.45, 7) is 0.365. The minimum absolute atomic E-state index is 0.164. The quantitative estimate of drug-likeness (QED) is 0.803. The van der Waals surface area contributed by atoms with Crippen molar-refractivity contribution in [1.29, 1.82) is 0 Å². The van der Waals surface area contributed by atoms with Gasteiger partial charge in [-0.3, -0.25) is 10.1 Å². The van der Waals surface area contributed by atoms with Crippen molar-refractivity contribution in [2.75, 3.05) is 11.9 Å². The van der Waals surface area contributed by atoms with Gasteiger partial charge in [0.2, 0.25) is 11.9 Å². The Balaban J connectivity index is 1.71. The van der Waals surface area contributed by atoms with Crippen molar-refractivity contribution in [3.8, 4) is 5.75 Å². The van der Waals surface area contributed by atoms with Gasteiger partial charge in [-0.05, 0) is 18.6 Å². The molecule has 0 bridgehead atoms. The van der Waals surface area contributed by atoms with E-state index in [9.17, 15) is 4.79 Å². The van der Waals surface area contributed by atoms with Crippen LogP contribution in [0.5, 0.6) is 5.75 Å². The van der Waals surface area contributed by atoms with Gasteiger partial charge in [0.25, 0.3) is 0 Å². The molecule has 0 fully saturated rings. The molecule has 2 rings (SSSR count). The Kier molecular flexibility index (Phi) is 5.20. The molecule has 0 aliphatic heterocycles. The van der Waals surface area contributed by atoms with Crippen molar-refractivity contribution < 1.29 is 9.53 Å². The predicted molar refractivity (Wildman–Crippen MR) is 76.2 cm³/mol. The van der Waals surface area contributed by atoms with E-state index in [0.717, 1.165) is 0 Å². The van der Waals surface area contributed by atoms with Gasteiger partial charge in [-0.15, -0.1) is 0 Å². The second kappa shape index (κ2) is 7.12. The monoisotopic (exact) mass is 314 g/mol. The highest BCUT2D eigenvalue weighted by atomic mass is 35.5. The van der Waals surface area contributed by atoms with Gasteiger partial charge in [-0.1, -0.05) is 29.3 Å². The number of nitrogens with zero attached hydrogens (tertiary/aromatic N) is 2. The number of anilines is 1. The van der Waals surface area contributed by atoms with E-state index >= 15 is 0 Å². The SMILES string of the molecule is O=C(CCCOc1cccc(Cl)c1Cl)Nc1ncn[nH]1. The highest BCUT2D eigenvalue weighted by molar-refractivity contribution is 6.42. The van der Waals surface area contributed by atoms with Gasteiger partial charge in [0.05, 0.1) is 11.6 Å². The Morgan fingerprint density at radius 2 is 2.25 bits per heavy atom. The van der Waals surface area contributed by atoms with Crippen molar-refractivity contribution in [3.05, 3.63) is 34.6 Å². The molecular weight excluding hydrogens is 303 g/mol. The van der Waals surface area contributed by atoms with E-state index in [1.54, 1.807) is 18.2 Å². The number of carbonyl (C=O) groups is 1. The zero-order valence-electron chi connectivity index (χ0n) is 10.4. The van der Waals surface area contributed by atoms with Crippen LogP contribution >= 0.6 is 23.2 Å². The van der Waals surface area contributed by atoms with Gasteiger partial charge in [0.1, 0.15) is 17.1 Å². The fourth-order valence-corrected chi connectivity index (χ4v) is 1.82. The van der Waals surface area contributed by atoms with Gasteiger partial charge >= 0.3 is 0 Å². The molecule has 0 unspecified atom stereocenters. The van der Waals surface area contributed by atoms with Crippen LogP contribution in [0, 0.1) is 0 Å². The summed E-state index contributed by atoms with van der Waals surface area (Å²) in [5, 5.41) is 9.55. The molecule has 0 spiro atoms. The minimum atomic E-state index is -0.164. The molecule has 8 heteroatoms. The molecule has 0 atom stereocenters. The number of aromatic nitrogens is 3. The molecule has 0 saturated carbocycles. The normalized spacial score (nSPS) is 10.3. The first-order valence-electron chi connectivity index (χ1n) is 5.89. The Labute approximate surface area is 125 Å². The van der Waals surface area contributed by atoms with Gasteiger partial charge in [0.15, 0.2) is 0 Å².